The molecular formula is C13H24N2O3. The Labute approximate surface area is 109 Å². The van der Waals surface area contributed by atoms with Crippen LogP contribution in [-0.2, 0) is 14.4 Å². The summed E-state index contributed by atoms with van der Waals surface area (Å²) in [6, 6.07) is -0.0173. The maximum Gasteiger partial charge on any atom is 0.213 e. The summed E-state index contributed by atoms with van der Waals surface area (Å²) in [5.41, 5.74) is 5.64. The number of hydrogen-bond donors (Lipinski definition) is 2. The first-order chi connectivity index (χ1) is 8.48. The van der Waals surface area contributed by atoms with Crippen molar-refractivity contribution < 1.29 is 14.4 Å². The topological polar surface area (TPSA) is 51.8 Å². The summed E-state index contributed by atoms with van der Waals surface area (Å²) in [5, 5.41) is 0. The van der Waals surface area contributed by atoms with Gasteiger partial charge in [-0.3, -0.25) is 4.84 Å². The molecule has 0 bridgehead atoms. The van der Waals surface area contributed by atoms with Crippen LogP contribution in [0, 0.1) is 5.41 Å². The van der Waals surface area contributed by atoms with Gasteiger partial charge in [-0.1, -0.05) is 13.8 Å². The van der Waals surface area contributed by atoms with Gasteiger partial charge in [0.2, 0.25) is 5.88 Å². The molecule has 0 spiro atoms. The first-order valence-corrected chi connectivity index (χ1v) is 6.37. The number of allylic oxidation sites excluding steroid dienone is 2. The van der Waals surface area contributed by atoms with Crippen molar-refractivity contribution in [3.8, 4) is 0 Å². The molecule has 0 saturated carbocycles. The van der Waals surface area contributed by atoms with Gasteiger partial charge in [-0.05, 0) is 32.9 Å². The number of nitrogens with one attached hydrogen (secondary N) is 2. The summed E-state index contributed by atoms with van der Waals surface area (Å²) in [5.74, 6) is 1.43. The third kappa shape index (κ3) is 4.68. The molecule has 0 aliphatic carbocycles. The lowest BCUT2D eigenvalue weighted by Crippen LogP contribution is -2.33. The molecule has 0 fully saturated rings. The third-order valence-corrected chi connectivity index (χ3v) is 2.39. The molecule has 0 radical (unpaired) electrons. The molecule has 0 aromatic rings. The highest BCUT2D eigenvalue weighted by Gasteiger charge is 2.25. The Morgan fingerprint density at radius 1 is 1.22 bits per heavy atom. The standard InChI is InChI=1S/C13H24N2O3/c1-6-16-14-10(3)11-8-13(4,5)9-12(18-11)15-17-7-2/h8-10,14-15H,6-7H2,1-5H3. The Hall–Kier alpha value is -1.04. The monoisotopic (exact) mass is 256 g/mol. The predicted molar refractivity (Wildman–Crippen MR) is 70.0 cm³/mol. The average molecular weight is 256 g/mol. The van der Waals surface area contributed by atoms with E-state index in [1.807, 2.05) is 26.8 Å². The van der Waals surface area contributed by atoms with E-state index < -0.39 is 0 Å². The molecule has 0 aromatic carbocycles. The van der Waals surface area contributed by atoms with Crippen molar-refractivity contribution in [2.75, 3.05) is 13.2 Å². The molecule has 1 aliphatic rings. The normalized spacial score (nSPS) is 19.6. The van der Waals surface area contributed by atoms with Crippen molar-refractivity contribution >= 4 is 0 Å². The zero-order chi connectivity index (χ0) is 13.6. The molecule has 1 heterocycles. The summed E-state index contributed by atoms with van der Waals surface area (Å²) >= 11 is 0. The van der Waals surface area contributed by atoms with E-state index in [0.29, 0.717) is 19.1 Å². The fourth-order valence-electron chi connectivity index (χ4n) is 1.61. The van der Waals surface area contributed by atoms with Crippen molar-refractivity contribution in [1.82, 2.24) is 11.0 Å². The molecule has 2 N–H and O–H groups in total. The third-order valence-electron chi connectivity index (χ3n) is 2.39. The maximum absolute atomic E-state index is 5.73. The molecule has 0 saturated heterocycles. The fourth-order valence-corrected chi connectivity index (χ4v) is 1.61. The van der Waals surface area contributed by atoms with Crippen LogP contribution < -0.4 is 11.0 Å². The highest BCUT2D eigenvalue weighted by molar-refractivity contribution is 5.21. The van der Waals surface area contributed by atoms with Gasteiger partial charge in [-0.25, -0.2) is 5.48 Å². The number of rotatable bonds is 7. The molecule has 18 heavy (non-hydrogen) atoms. The fraction of sp³-hybridized carbons (Fsp3) is 0.692. The molecule has 1 atom stereocenters. The van der Waals surface area contributed by atoms with Crippen LogP contribution in [0.15, 0.2) is 23.8 Å². The van der Waals surface area contributed by atoms with Gasteiger partial charge in [0.1, 0.15) is 5.76 Å². The molecule has 5 heteroatoms. The van der Waals surface area contributed by atoms with Crippen LogP contribution in [0.25, 0.3) is 0 Å². The lowest BCUT2D eigenvalue weighted by Gasteiger charge is -2.29. The van der Waals surface area contributed by atoms with Gasteiger partial charge in [0.25, 0.3) is 0 Å². The molecule has 0 amide bonds. The zero-order valence-corrected chi connectivity index (χ0v) is 11.9. The molecular weight excluding hydrogens is 232 g/mol. The quantitative estimate of drug-likeness (QED) is 0.684. The van der Waals surface area contributed by atoms with E-state index in [0.717, 1.165) is 5.76 Å². The SMILES string of the molecule is CCONC1=CC(C)(C)C=C(C(C)NOCC)O1. The van der Waals surface area contributed by atoms with Gasteiger partial charge in [-0.15, -0.1) is 0 Å². The van der Waals surface area contributed by atoms with E-state index >= 15 is 0 Å². The highest BCUT2D eigenvalue weighted by Crippen LogP contribution is 2.30. The van der Waals surface area contributed by atoms with E-state index in [1.165, 1.54) is 0 Å². The second kappa shape index (κ2) is 6.78. The molecule has 0 aromatic heterocycles. The van der Waals surface area contributed by atoms with Crippen LogP contribution in [-0.4, -0.2) is 19.3 Å². The van der Waals surface area contributed by atoms with Crippen LogP contribution in [0.5, 0.6) is 0 Å². The predicted octanol–water partition coefficient (Wildman–Crippen LogP) is 2.24. The van der Waals surface area contributed by atoms with E-state index in [2.05, 4.69) is 30.9 Å². The number of hydrogen-bond acceptors (Lipinski definition) is 5. The van der Waals surface area contributed by atoms with Crippen LogP contribution in [0.3, 0.4) is 0 Å². The largest absolute Gasteiger partial charge is 0.442 e. The Balaban J connectivity index is 2.67. The molecule has 104 valence electrons. The summed E-state index contributed by atoms with van der Waals surface area (Å²) < 4.78 is 5.73. The Bertz CT molecular complexity index is 324. The van der Waals surface area contributed by atoms with Crippen LogP contribution in [0.1, 0.15) is 34.6 Å². The van der Waals surface area contributed by atoms with Gasteiger partial charge in [0, 0.05) is 5.41 Å². The smallest absolute Gasteiger partial charge is 0.213 e. The van der Waals surface area contributed by atoms with Crippen molar-refractivity contribution in [1.29, 1.82) is 0 Å². The van der Waals surface area contributed by atoms with Gasteiger partial charge in [0.15, 0.2) is 0 Å². The van der Waals surface area contributed by atoms with E-state index in [1.54, 1.807) is 0 Å². The lowest BCUT2D eigenvalue weighted by molar-refractivity contribution is 0.00509. The first-order valence-electron chi connectivity index (χ1n) is 6.37. The Morgan fingerprint density at radius 3 is 2.50 bits per heavy atom. The van der Waals surface area contributed by atoms with Crippen LogP contribution in [0.2, 0.25) is 0 Å². The second-order valence-electron chi connectivity index (χ2n) is 4.79. The molecule has 1 aliphatic heterocycles. The van der Waals surface area contributed by atoms with Crippen molar-refractivity contribution in [3.05, 3.63) is 23.8 Å². The van der Waals surface area contributed by atoms with E-state index in [9.17, 15) is 0 Å². The Morgan fingerprint density at radius 2 is 1.89 bits per heavy atom. The minimum Gasteiger partial charge on any atom is -0.442 e. The Kier molecular flexibility index (Phi) is 5.65. The van der Waals surface area contributed by atoms with Crippen LogP contribution in [0.4, 0.5) is 0 Å². The summed E-state index contributed by atoms with van der Waals surface area (Å²) in [4.78, 5) is 10.3. The first kappa shape index (κ1) is 15.0. The number of ether oxygens (including phenoxy) is 1. The van der Waals surface area contributed by atoms with E-state index in [-0.39, 0.29) is 11.5 Å². The maximum atomic E-state index is 5.73. The van der Waals surface area contributed by atoms with Gasteiger partial charge >= 0.3 is 0 Å². The number of hydroxylamine groups is 2. The van der Waals surface area contributed by atoms with E-state index in [4.69, 9.17) is 14.4 Å². The molecule has 1 rings (SSSR count). The lowest BCUT2D eigenvalue weighted by atomic mass is 9.90. The van der Waals surface area contributed by atoms with Gasteiger partial charge in [-0.2, -0.15) is 5.48 Å². The van der Waals surface area contributed by atoms with Crippen LogP contribution >= 0.6 is 0 Å². The van der Waals surface area contributed by atoms with Gasteiger partial charge in [0.05, 0.1) is 19.3 Å². The van der Waals surface area contributed by atoms with Crippen molar-refractivity contribution in [2.24, 2.45) is 5.41 Å². The summed E-state index contributed by atoms with van der Waals surface area (Å²) in [6.45, 7) is 11.2. The minimum absolute atomic E-state index is 0.0173. The molecule has 5 nitrogen and oxygen atoms in total. The second-order valence-corrected chi connectivity index (χ2v) is 4.79. The van der Waals surface area contributed by atoms with Crippen molar-refractivity contribution in [2.45, 2.75) is 40.7 Å². The average Bonchev–Trinajstić information content (AvgIpc) is 2.31. The zero-order valence-electron chi connectivity index (χ0n) is 11.9. The summed E-state index contributed by atoms with van der Waals surface area (Å²) in [6.07, 6.45) is 4.06. The van der Waals surface area contributed by atoms with Crippen molar-refractivity contribution in [3.63, 3.8) is 0 Å². The minimum atomic E-state index is -0.0881. The summed E-state index contributed by atoms with van der Waals surface area (Å²) in [7, 11) is 0. The van der Waals surface area contributed by atoms with Gasteiger partial charge < -0.3 is 9.57 Å². The molecule has 1 unspecified atom stereocenters. The highest BCUT2D eigenvalue weighted by atomic mass is 16.7.